The van der Waals surface area contributed by atoms with Gasteiger partial charge in [-0.2, -0.15) is 0 Å². The van der Waals surface area contributed by atoms with E-state index >= 15 is 0 Å². The molecule has 1 aliphatic heterocycles. The Hall–Kier alpha value is -1.71. The minimum absolute atomic E-state index is 0.0222. The zero-order valence-electron chi connectivity index (χ0n) is 10.4. The van der Waals surface area contributed by atoms with Crippen molar-refractivity contribution in [3.8, 4) is 0 Å². The van der Waals surface area contributed by atoms with Crippen molar-refractivity contribution in [3.63, 3.8) is 0 Å². The fourth-order valence-corrected chi connectivity index (χ4v) is 2.27. The van der Waals surface area contributed by atoms with E-state index in [2.05, 4.69) is 29.4 Å². The predicted molar refractivity (Wildman–Crippen MR) is 69.3 cm³/mol. The van der Waals surface area contributed by atoms with Crippen molar-refractivity contribution in [1.82, 2.24) is 10.2 Å². The van der Waals surface area contributed by atoms with Gasteiger partial charge in [-0.3, -0.25) is 0 Å². The van der Waals surface area contributed by atoms with E-state index in [1.807, 2.05) is 23.1 Å². The summed E-state index contributed by atoms with van der Waals surface area (Å²) < 4.78 is 0. The molecule has 2 rings (SSSR count). The standard InChI is InChI=1S/C13H19N3O/c1-14-13(17)16-9-8-12(10-16)15(2)11-6-4-3-5-7-11/h3-7,12H,8-10H2,1-2H3,(H,14,17)/t12-/m1/s1. The Morgan fingerprint density at radius 1 is 1.41 bits per heavy atom. The lowest BCUT2D eigenvalue weighted by atomic mass is 10.2. The number of rotatable bonds is 2. The molecule has 0 aromatic heterocycles. The number of amides is 2. The van der Waals surface area contributed by atoms with Crippen LogP contribution < -0.4 is 10.2 Å². The quantitative estimate of drug-likeness (QED) is 0.841. The largest absolute Gasteiger partial charge is 0.370 e. The van der Waals surface area contributed by atoms with E-state index in [-0.39, 0.29) is 6.03 Å². The molecule has 0 bridgehead atoms. The van der Waals surface area contributed by atoms with Crippen molar-refractivity contribution >= 4 is 11.7 Å². The van der Waals surface area contributed by atoms with E-state index < -0.39 is 0 Å². The first-order valence-corrected chi connectivity index (χ1v) is 5.97. The second kappa shape index (κ2) is 5.08. The van der Waals surface area contributed by atoms with E-state index in [1.165, 1.54) is 5.69 Å². The van der Waals surface area contributed by atoms with Gasteiger partial charge >= 0.3 is 6.03 Å². The molecule has 0 aliphatic carbocycles. The van der Waals surface area contributed by atoms with Gasteiger partial charge in [0.1, 0.15) is 0 Å². The Balaban J connectivity index is 1.99. The molecule has 1 aliphatic rings. The minimum Gasteiger partial charge on any atom is -0.370 e. The van der Waals surface area contributed by atoms with Crippen LogP contribution in [-0.4, -0.2) is 44.2 Å². The number of nitrogens with zero attached hydrogens (tertiary/aromatic N) is 2. The van der Waals surface area contributed by atoms with Gasteiger partial charge in [-0.1, -0.05) is 18.2 Å². The molecular formula is C13H19N3O. The average Bonchev–Trinajstić information content (AvgIpc) is 2.87. The van der Waals surface area contributed by atoms with Gasteiger partial charge in [-0.05, 0) is 18.6 Å². The van der Waals surface area contributed by atoms with Crippen molar-refractivity contribution in [1.29, 1.82) is 0 Å². The number of nitrogens with one attached hydrogen (secondary N) is 1. The minimum atomic E-state index is 0.0222. The summed E-state index contributed by atoms with van der Waals surface area (Å²) in [5.41, 5.74) is 1.20. The molecule has 1 heterocycles. The summed E-state index contributed by atoms with van der Waals surface area (Å²) in [6.07, 6.45) is 1.03. The smallest absolute Gasteiger partial charge is 0.317 e. The van der Waals surface area contributed by atoms with Crippen molar-refractivity contribution in [3.05, 3.63) is 30.3 Å². The molecule has 0 unspecified atom stereocenters. The number of anilines is 1. The number of para-hydroxylation sites is 1. The van der Waals surface area contributed by atoms with Crippen LogP contribution in [0.3, 0.4) is 0 Å². The van der Waals surface area contributed by atoms with Crippen molar-refractivity contribution in [2.24, 2.45) is 0 Å². The number of benzene rings is 1. The molecule has 0 saturated carbocycles. The molecule has 17 heavy (non-hydrogen) atoms. The van der Waals surface area contributed by atoms with Crippen LogP contribution in [0, 0.1) is 0 Å². The van der Waals surface area contributed by atoms with Crippen LogP contribution in [0.4, 0.5) is 10.5 Å². The molecule has 0 radical (unpaired) electrons. The summed E-state index contributed by atoms with van der Waals surface area (Å²) in [6.45, 7) is 1.63. The Bertz CT molecular complexity index is 380. The Labute approximate surface area is 102 Å². The summed E-state index contributed by atoms with van der Waals surface area (Å²) >= 11 is 0. The van der Waals surface area contributed by atoms with Gasteiger partial charge in [0.05, 0.1) is 0 Å². The lowest BCUT2D eigenvalue weighted by Gasteiger charge is -2.26. The maximum Gasteiger partial charge on any atom is 0.317 e. The van der Waals surface area contributed by atoms with Crippen molar-refractivity contribution in [2.45, 2.75) is 12.5 Å². The molecule has 1 N–H and O–H groups in total. The van der Waals surface area contributed by atoms with Crippen LogP contribution in [0.1, 0.15) is 6.42 Å². The number of hydrogen-bond donors (Lipinski definition) is 1. The second-order valence-electron chi connectivity index (χ2n) is 4.39. The molecule has 1 aromatic rings. The molecule has 4 nitrogen and oxygen atoms in total. The molecule has 2 amide bonds. The highest BCUT2D eigenvalue weighted by molar-refractivity contribution is 5.74. The number of urea groups is 1. The van der Waals surface area contributed by atoms with Gasteiger partial charge in [-0.15, -0.1) is 0 Å². The van der Waals surface area contributed by atoms with E-state index in [4.69, 9.17) is 0 Å². The highest BCUT2D eigenvalue weighted by Gasteiger charge is 2.28. The van der Waals surface area contributed by atoms with Crippen LogP contribution in [0.5, 0.6) is 0 Å². The Kier molecular flexibility index (Phi) is 3.52. The summed E-state index contributed by atoms with van der Waals surface area (Å²) in [7, 11) is 3.77. The van der Waals surface area contributed by atoms with Gasteiger partial charge < -0.3 is 15.1 Å². The van der Waals surface area contributed by atoms with Gasteiger partial charge in [0.2, 0.25) is 0 Å². The fourth-order valence-electron chi connectivity index (χ4n) is 2.27. The first-order valence-electron chi connectivity index (χ1n) is 5.97. The van der Waals surface area contributed by atoms with Gasteiger partial charge in [-0.25, -0.2) is 4.79 Å². The van der Waals surface area contributed by atoms with Crippen molar-refractivity contribution < 1.29 is 4.79 Å². The zero-order valence-corrected chi connectivity index (χ0v) is 10.4. The first kappa shape index (κ1) is 11.8. The number of carbonyl (C=O) groups excluding carboxylic acids is 1. The van der Waals surface area contributed by atoms with Crippen LogP contribution in [0.25, 0.3) is 0 Å². The summed E-state index contributed by atoms with van der Waals surface area (Å²) in [5, 5.41) is 2.67. The number of likely N-dealkylation sites (tertiary alicyclic amines) is 1. The SMILES string of the molecule is CNC(=O)N1CC[C@@H](N(C)c2ccccc2)C1. The maximum absolute atomic E-state index is 11.5. The molecule has 1 saturated heterocycles. The van der Waals surface area contributed by atoms with Gasteiger partial charge in [0, 0.05) is 38.9 Å². The highest BCUT2D eigenvalue weighted by atomic mass is 16.2. The third kappa shape index (κ3) is 2.52. The predicted octanol–water partition coefficient (Wildman–Crippen LogP) is 1.54. The number of likely N-dealkylation sites (N-methyl/N-ethyl adjacent to an activating group) is 1. The Morgan fingerprint density at radius 3 is 2.76 bits per heavy atom. The summed E-state index contributed by atoms with van der Waals surface area (Å²) in [6, 6.07) is 10.7. The van der Waals surface area contributed by atoms with Crippen LogP contribution in [-0.2, 0) is 0 Å². The molecular weight excluding hydrogens is 214 g/mol. The van der Waals surface area contributed by atoms with Gasteiger partial charge in [0.15, 0.2) is 0 Å². The van der Waals surface area contributed by atoms with E-state index in [0.29, 0.717) is 6.04 Å². The van der Waals surface area contributed by atoms with E-state index in [0.717, 1.165) is 19.5 Å². The van der Waals surface area contributed by atoms with E-state index in [9.17, 15) is 4.79 Å². The van der Waals surface area contributed by atoms with Crippen LogP contribution in [0.15, 0.2) is 30.3 Å². The third-order valence-electron chi connectivity index (χ3n) is 3.38. The summed E-state index contributed by atoms with van der Waals surface area (Å²) in [4.78, 5) is 15.6. The fraction of sp³-hybridized carbons (Fsp3) is 0.462. The van der Waals surface area contributed by atoms with Crippen LogP contribution >= 0.6 is 0 Å². The molecule has 4 heteroatoms. The van der Waals surface area contributed by atoms with Crippen molar-refractivity contribution in [2.75, 3.05) is 32.1 Å². The summed E-state index contributed by atoms with van der Waals surface area (Å²) in [5.74, 6) is 0. The Morgan fingerprint density at radius 2 is 2.12 bits per heavy atom. The first-order chi connectivity index (χ1) is 8.22. The highest BCUT2D eigenvalue weighted by Crippen LogP contribution is 2.20. The molecule has 1 atom stereocenters. The van der Waals surface area contributed by atoms with Crippen LogP contribution in [0.2, 0.25) is 0 Å². The average molecular weight is 233 g/mol. The number of carbonyl (C=O) groups is 1. The molecule has 0 spiro atoms. The third-order valence-corrected chi connectivity index (χ3v) is 3.38. The van der Waals surface area contributed by atoms with E-state index in [1.54, 1.807) is 7.05 Å². The maximum atomic E-state index is 11.5. The number of hydrogen-bond acceptors (Lipinski definition) is 2. The lowest BCUT2D eigenvalue weighted by Crippen LogP contribution is -2.40. The molecule has 1 aromatic carbocycles. The normalized spacial score (nSPS) is 19.2. The second-order valence-corrected chi connectivity index (χ2v) is 4.39. The van der Waals surface area contributed by atoms with Gasteiger partial charge in [0.25, 0.3) is 0 Å². The molecule has 1 fully saturated rings. The zero-order chi connectivity index (χ0) is 12.3. The topological polar surface area (TPSA) is 35.6 Å². The lowest BCUT2D eigenvalue weighted by molar-refractivity contribution is 0.210. The molecule has 92 valence electrons. The monoisotopic (exact) mass is 233 g/mol.